The number of aryl methyl sites for hydroxylation is 1. The number of halogens is 1. The Labute approximate surface area is 157 Å². The van der Waals surface area contributed by atoms with Gasteiger partial charge in [-0.3, -0.25) is 10.1 Å². The predicted octanol–water partition coefficient (Wildman–Crippen LogP) is 5.19. The fourth-order valence-corrected chi connectivity index (χ4v) is 3.19. The van der Waals surface area contributed by atoms with Crippen LogP contribution in [0.4, 0.5) is 11.5 Å². The van der Waals surface area contributed by atoms with Gasteiger partial charge >= 0.3 is 5.69 Å². The van der Waals surface area contributed by atoms with E-state index < -0.39 is 0 Å². The Kier molecular flexibility index (Phi) is 5.68. The third-order valence-electron chi connectivity index (χ3n) is 4.36. The maximum atomic E-state index is 11.2. The molecule has 1 saturated heterocycles. The van der Waals surface area contributed by atoms with E-state index in [0.717, 1.165) is 42.2 Å². The fraction of sp³-hybridized carbons (Fsp3) is 0.250. The molecule has 2 aromatic rings. The largest absolute Gasteiger partial charge is 0.350 e. The van der Waals surface area contributed by atoms with Crippen LogP contribution in [0.1, 0.15) is 24.1 Å². The Hall–Kier alpha value is -2.66. The molecule has 1 aromatic carbocycles. The fourth-order valence-electron chi connectivity index (χ4n) is 2.99. The molecule has 0 bridgehead atoms. The van der Waals surface area contributed by atoms with Crippen LogP contribution in [0.3, 0.4) is 0 Å². The lowest BCUT2D eigenvalue weighted by Gasteiger charge is -2.29. The van der Waals surface area contributed by atoms with Crippen molar-refractivity contribution in [3.05, 3.63) is 80.5 Å². The Balaban J connectivity index is 1.66. The molecule has 0 radical (unpaired) electrons. The molecule has 6 heteroatoms. The van der Waals surface area contributed by atoms with Gasteiger partial charge in [-0.15, -0.1) is 0 Å². The van der Waals surface area contributed by atoms with Crippen LogP contribution < -0.4 is 4.90 Å². The number of anilines is 1. The molecule has 1 aliphatic rings. The minimum absolute atomic E-state index is 0.0730. The molecule has 0 atom stereocenters. The molecule has 2 heterocycles. The SMILES string of the molecule is Cc1ccc([N+](=O)[O-])c(N2CCC(=C/C=C/c3cccc(Cl)c3)CC2)n1. The molecule has 0 aliphatic carbocycles. The van der Waals surface area contributed by atoms with Crippen molar-refractivity contribution >= 4 is 29.2 Å². The molecule has 1 aromatic heterocycles. The standard InChI is InChI=1S/C20H20ClN3O2/c1-15-8-9-19(24(25)26)20(22-15)23-12-10-16(11-13-23)4-2-5-17-6-3-7-18(21)14-17/h2-9,14H,10-13H2,1H3/b5-2+. The molecule has 134 valence electrons. The van der Waals surface area contributed by atoms with Crippen molar-refractivity contribution in [1.82, 2.24) is 4.98 Å². The van der Waals surface area contributed by atoms with Crippen LogP contribution in [-0.4, -0.2) is 23.0 Å². The van der Waals surface area contributed by atoms with Crippen LogP contribution in [0.2, 0.25) is 5.02 Å². The highest BCUT2D eigenvalue weighted by molar-refractivity contribution is 6.30. The second-order valence-electron chi connectivity index (χ2n) is 6.28. The van der Waals surface area contributed by atoms with Crippen LogP contribution in [0.15, 0.2) is 54.1 Å². The lowest BCUT2D eigenvalue weighted by Crippen LogP contribution is -2.32. The van der Waals surface area contributed by atoms with Gasteiger partial charge in [0.15, 0.2) is 0 Å². The van der Waals surface area contributed by atoms with E-state index in [4.69, 9.17) is 11.6 Å². The third kappa shape index (κ3) is 4.49. The third-order valence-corrected chi connectivity index (χ3v) is 4.60. The van der Waals surface area contributed by atoms with E-state index in [1.165, 1.54) is 11.6 Å². The van der Waals surface area contributed by atoms with Crippen molar-refractivity contribution in [1.29, 1.82) is 0 Å². The zero-order valence-corrected chi connectivity index (χ0v) is 15.3. The van der Waals surface area contributed by atoms with Crippen molar-refractivity contribution in [2.45, 2.75) is 19.8 Å². The first kappa shape index (κ1) is 18.1. The van der Waals surface area contributed by atoms with Gasteiger partial charge in [0.1, 0.15) is 0 Å². The van der Waals surface area contributed by atoms with Gasteiger partial charge in [-0.05, 0) is 43.5 Å². The van der Waals surface area contributed by atoms with Crippen molar-refractivity contribution in [3.8, 4) is 0 Å². The van der Waals surface area contributed by atoms with Gasteiger partial charge in [-0.1, -0.05) is 47.5 Å². The van der Waals surface area contributed by atoms with Crippen molar-refractivity contribution in [3.63, 3.8) is 0 Å². The molecule has 0 spiro atoms. The molecular weight excluding hydrogens is 350 g/mol. The second-order valence-corrected chi connectivity index (χ2v) is 6.71. The monoisotopic (exact) mass is 369 g/mol. The highest BCUT2D eigenvalue weighted by Gasteiger charge is 2.23. The van der Waals surface area contributed by atoms with E-state index in [1.54, 1.807) is 6.07 Å². The number of allylic oxidation sites excluding steroid dienone is 2. The first-order chi connectivity index (χ1) is 12.5. The maximum absolute atomic E-state index is 11.2. The number of hydrogen-bond donors (Lipinski definition) is 0. The number of rotatable bonds is 4. The molecular formula is C20H20ClN3O2. The topological polar surface area (TPSA) is 59.3 Å². The van der Waals surface area contributed by atoms with E-state index >= 15 is 0 Å². The summed E-state index contributed by atoms with van der Waals surface area (Å²) in [6.07, 6.45) is 7.91. The summed E-state index contributed by atoms with van der Waals surface area (Å²) in [6.45, 7) is 3.31. The molecule has 5 nitrogen and oxygen atoms in total. The number of aromatic nitrogens is 1. The number of pyridine rings is 1. The van der Waals surface area contributed by atoms with E-state index in [2.05, 4.69) is 11.1 Å². The van der Waals surface area contributed by atoms with Gasteiger partial charge in [0.2, 0.25) is 5.82 Å². The second kappa shape index (κ2) is 8.15. The molecule has 0 amide bonds. The number of benzene rings is 1. The lowest BCUT2D eigenvalue weighted by molar-refractivity contribution is -0.384. The summed E-state index contributed by atoms with van der Waals surface area (Å²) in [6, 6.07) is 10.9. The summed E-state index contributed by atoms with van der Waals surface area (Å²) in [5.41, 5.74) is 3.25. The quantitative estimate of drug-likeness (QED) is 0.549. The highest BCUT2D eigenvalue weighted by atomic mass is 35.5. The summed E-state index contributed by atoms with van der Waals surface area (Å²) < 4.78 is 0. The number of hydrogen-bond acceptors (Lipinski definition) is 4. The van der Waals surface area contributed by atoms with Gasteiger partial charge in [0, 0.05) is 29.9 Å². The molecule has 0 saturated carbocycles. The number of piperidine rings is 1. The summed E-state index contributed by atoms with van der Waals surface area (Å²) in [5.74, 6) is 0.475. The minimum atomic E-state index is -0.360. The first-order valence-electron chi connectivity index (χ1n) is 8.51. The van der Waals surface area contributed by atoms with Gasteiger partial charge in [-0.2, -0.15) is 0 Å². The van der Waals surface area contributed by atoms with E-state index in [-0.39, 0.29) is 10.6 Å². The summed E-state index contributed by atoms with van der Waals surface area (Å²) in [7, 11) is 0. The van der Waals surface area contributed by atoms with Crippen molar-refractivity contribution in [2.24, 2.45) is 0 Å². The number of nitro groups is 1. The minimum Gasteiger partial charge on any atom is -0.350 e. The smallest absolute Gasteiger partial charge is 0.311 e. The molecule has 26 heavy (non-hydrogen) atoms. The molecule has 1 fully saturated rings. The van der Waals surface area contributed by atoms with Gasteiger partial charge in [0.25, 0.3) is 0 Å². The van der Waals surface area contributed by atoms with E-state index in [0.29, 0.717) is 5.82 Å². The summed E-state index contributed by atoms with van der Waals surface area (Å²) >= 11 is 5.98. The molecule has 0 N–H and O–H groups in total. The van der Waals surface area contributed by atoms with Crippen LogP contribution in [0.25, 0.3) is 6.08 Å². The van der Waals surface area contributed by atoms with Crippen molar-refractivity contribution in [2.75, 3.05) is 18.0 Å². The van der Waals surface area contributed by atoms with Crippen LogP contribution in [0.5, 0.6) is 0 Å². The average molecular weight is 370 g/mol. The lowest BCUT2D eigenvalue weighted by atomic mass is 10.0. The van der Waals surface area contributed by atoms with Crippen LogP contribution in [-0.2, 0) is 0 Å². The normalized spacial score (nSPS) is 14.7. The average Bonchev–Trinajstić information content (AvgIpc) is 2.62. The van der Waals surface area contributed by atoms with E-state index in [1.807, 2.05) is 48.2 Å². The van der Waals surface area contributed by atoms with E-state index in [9.17, 15) is 10.1 Å². The first-order valence-corrected chi connectivity index (χ1v) is 8.89. The van der Waals surface area contributed by atoms with Crippen LogP contribution >= 0.6 is 11.6 Å². The summed E-state index contributed by atoms with van der Waals surface area (Å²) in [4.78, 5) is 17.3. The Morgan fingerprint density at radius 3 is 2.69 bits per heavy atom. The Bertz CT molecular complexity index is 867. The summed E-state index contributed by atoms with van der Waals surface area (Å²) in [5, 5.41) is 12.0. The van der Waals surface area contributed by atoms with Crippen LogP contribution in [0, 0.1) is 17.0 Å². The van der Waals surface area contributed by atoms with Gasteiger partial charge < -0.3 is 4.90 Å². The zero-order chi connectivity index (χ0) is 18.5. The molecule has 3 rings (SSSR count). The maximum Gasteiger partial charge on any atom is 0.311 e. The van der Waals surface area contributed by atoms with Gasteiger partial charge in [0.05, 0.1) is 4.92 Å². The number of nitrogens with zero attached hydrogens (tertiary/aromatic N) is 3. The van der Waals surface area contributed by atoms with Crippen molar-refractivity contribution < 1.29 is 4.92 Å². The van der Waals surface area contributed by atoms with Gasteiger partial charge in [-0.25, -0.2) is 4.98 Å². The highest BCUT2D eigenvalue weighted by Crippen LogP contribution is 2.29. The molecule has 1 aliphatic heterocycles. The zero-order valence-electron chi connectivity index (χ0n) is 14.6. The predicted molar refractivity (Wildman–Crippen MR) is 106 cm³/mol. The Morgan fingerprint density at radius 1 is 1.23 bits per heavy atom. The molecule has 0 unspecified atom stereocenters. The Morgan fingerprint density at radius 2 is 2.00 bits per heavy atom.